The molecule has 8 heteroatoms. The SMILES string of the molecule is CC(C)(C)OC(=O)NC(Cc1ccccc1)C(=O)O.O=C(CCl)CCl. The molecule has 0 spiro atoms. The summed E-state index contributed by atoms with van der Waals surface area (Å²) >= 11 is 10.0. The van der Waals surface area contributed by atoms with Crippen LogP contribution in [0, 0.1) is 0 Å². The van der Waals surface area contributed by atoms with Crippen LogP contribution in [0.15, 0.2) is 30.3 Å². The van der Waals surface area contributed by atoms with E-state index in [0.717, 1.165) is 5.56 Å². The van der Waals surface area contributed by atoms with Crippen LogP contribution in [0.2, 0.25) is 0 Å². The molecule has 6 nitrogen and oxygen atoms in total. The molecule has 0 saturated heterocycles. The number of alkyl halides is 2. The highest BCUT2D eigenvalue weighted by Crippen LogP contribution is 2.08. The van der Waals surface area contributed by atoms with Gasteiger partial charge in [0.05, 0.1) is 11.8 Å². The first-order valence-corrected chi connectivity index (χ1v) is 8.55. The van der Waals surface area contributed by atoms with E-state index in [1.165, 1.54) is 0 Å². The zero-order chi connectivity index (χ0) is 19.5. The van der Waals surface area contributed by atoms with Gasteiger partial charge in [-0.15, -0.1) is 23.2 Å². The normalized spacial score (nSPS) is 11.6. The lowest BCUT2D eigenvalue weighted by Gasteiger charge is -2.22. The second kappa shape index (κ2) is 11.7. The Morgan fingerprint density at radius 3 is 2.00 bits per heavy atom. The fourth-order valence-electron chi connectivity index (χ4n) is 1.54. The monoisotopic (exact) mass is 391 g/mol. The van der Waals surface area contributed by atoms with Gasteiger partial charge in [0.15, 0.2) is 5.78 Å². The lowest BCUT2D eigenvalue weighted by Crippen LogP contribution is -2.44. The first-order chi connectivity index (χ1) is 11.6. The summed E-state index contributed by atoms with van der Waals surface area (Å²) in [5.74, 6) is -1.15. The number of nitrogens with one attached hydrogen (secondary N) is 1. The Morgan fingerprint density at radius 1 is 1.12 bits per heavy atom. The van der Waals surface area contributed by atoms with E-state index in [0.29, 0.717) is 0 Å². The summed E-state index contributed by atoms with van der Waals surface area (Å²) in [7, 11) is 0. The summed E-state index contributed by atoms with van der Waals surface area (Å²) in [4.78, 5) is 32.6. The maximum atomic E-state index is 11.6. The molecule has 140 valence electrons. The zero-order valence-electron chi connectivity index (χ0n) is 14.4. The van der Waals surface area contributed by atoms with Crippen molar-refractivity contribution >= 4 is 41.0 Å². The minimum Gasteiger partial charge on any atom is -0.480 e. The maximum absolute atomic E-state index is 11.6. The number of carboxylic acids is 1. The summed E-state index contributed by atoms with van der Waals surface area (Å²) in [6, 6.07) is 8.11. The number of benzene rings is 1. The minimum atomic E-state index is -1.09. The molecule has 0 aromatic heterocycles. The van der Waals surface area contributed by atoms with Gasteiger partial charge in [-0.25, -0.2) is 9.59 Å². The Kier molecular flexibility index (Phi) is 10.9. The number of carbonyl (C=O) groups is 3. The molecule has 1 atom stereocenters. The van der Waals surface area contributed by atoms with E-state index >= 15 is 0 Å². The molecule has 1 amide bonds. The largest absolute Gasteiger partial charge is 0.480 e. The Labute approximate surface area is 157 Å². The van der Waals surface area contributed by atoms with E-state index in [2.05, 4.69) is 5.32 Å². The Hall–Kier alpha value is -1.79. The van der Waals surface area contributed by atoms with Crippen LogP contribution in [0.25, 0.3) is 0 Å². The molecule has 2 N–H and O–H groups in total. The molecule has 0 radical (unpaired) electrons. The lowest BCUT2D eigenvalue weighted by atomic mass is 10.1. The van der Waals surface area contributed by atoms with E-state index in [1.807, 2.05) is 30.3 Å². The molecule has 0 fully saturated rings. The van der Waals surface area contributed by atoms with Crippen LogP contribution in [0.1, 0.15) is 26.3 Å². The average molecular weight is 392 g/mol. The van der Waals surface area contributed by atoms with Crippen LogP contribution in [-0.2, 0) is 20.7 Å². The van der Waals surface area contributed by atoms with Gasteiger partial charge in [0.2, 0.25) is 0 Å². The average Bonchev–Trinajstić information content (AvgIpc) is 2.53. The number of hydrogen-bond acceptors (Lipinski definition) is 4. The molecular weight excluding hydrogens is 369 g/mol. The van der Waals surface area contributed by atoms with Gasteiger partial charge >= 0.3 is 12.1 Å². The standard InChI is InChI=1S/C14H19NO4.C3H4Cl2O/c1-14(2,3)19-13(18)15-11(12(16)17)9-10-7-5-4-6-8-10;4-1-3(6)2-5/h4-8,11H,9H2,1-3H3,(H,15,18)(H,16,17);1-2H2. The molecule has 1 rings (SSSR count). The number of amides is 1. The highest BCUT2D eigenvalue weighted by molar-refractivity contribution is 6.35. The molecule has 0 bridgehead atoms. The number of alkyl carbamates (subject to hydrolysis) is 1. The molecule has 0 aliphatic carbocycles. The van der Waals surface area contributed by atoms with E-state index in [9.17, 15) is 14.4 Å². The third-order valence-electron chi connectivity index (χ3n) is 2.57. The third kappa shape index (κ3) is 12.3. The van der Waals surface area contributed by atoms with Gasteiger partial charge in [0.1, 0.15) is 11.6 Å². The second-order valence-corrected chi connectivity index (χ2v) is 6.57. The van der Waals surface area contributed by atoms with Crippen LogP contribution in [-0.4, -0.2) is 46.4 Å². The van der Waals surface area contributed by atoms with Crippen molar-refractivity contribution < 1.29 is 24.2 Å². The predicted molar refractivity (Wildman–Crippen MR) is 97.4 cm³/mol. The van der Waals surface area contributed by atoms with Crippen LogP contribution in [0.3, 0.4) is 0 Å². The van der Waals surface area contributed by atoms with Crippen molar-refractivity contribution in [1.29, 1.82) is 0 Å². The van der Waals surface area contributed by atoms with Gasteiger partial charge in [0, 0.05) is 6.42 Å². The van der Waals surface area contributed by atoms with E-state index < -0.39 is 23.7 Å². The van der Waals surface area contributed by atoms with Crippen molar-refractivity contribution in [2.75, 3.05) is 11.8 Å². The first kappa shape index (κ1) is 23.2. The number of ether oxygens (including phenoxy) is 1. The number of rotatable bonds is 6. The van der Waals surface area contributed by atoms with Gasteiger partial charge in [-0.3, -0.25) is 4.79 Å². The van der Waals surface area contributed by atoms with Gasteiger partial charge in [-0.2, -0.15) is 0 Å². The minimum absolute atomic E-state index is 0.0312. The van der Waals surface area contributed by atoms with Gasteiger partial charge in [-0.1, -0.05) is 30.3 Å². The quantitative estimate of drug-likeness (QED) is 0.725. The number of ketones is 1. The van der Waals surface area contributed by atoms with E-state index in [4.69, 9.17) is 33.0 Å². The van der Waals surface area contributed by atoms with Gasteiger partial charge < -0.3 is 15.2 Å². The highest BCUT2D eigenvalue weighted by Gasteiger charge is 2.24. The molecule has 1 aromatic rings. The summed E-state index contributed by atoms with van der Waals surface area (Å²) in [5.41, 5.74) is 0.186. The summed E-state index contributed by atoms with van der Waals surface area (Å²) in [6.45, 7) is 5.17. The molecule has 1 unspecified atom stereocenters. The maximum Gasteiger partial charge on any atom is 0.408 e. The molecule has 1 aromatic carbocycles. The molecule has 25 heavy (non-hydrogen) atoms. The van der Waals surface area contributed by atoms with Crippen LogP contribution < -0.4 is 5.32 Å². The fourth-order valence-corrected chi connectivity index (χ4v) is 1.82. The number of halogens is 2. The van der Waals surface area contributed by atoms with Crippen LogP contribution in [0.5, 0.6) is 0 Å². The third-order valence-corrected chi connectivity index (χ3v) is 3.17. The zero-order valence-corrected chi connectivity index (χ0v) is 15.9. The topological polar surface area (TPSA) is 92.7 Å². The van der Waals surface area contributed by atoms with Crippen LogP contribution >= 0.6 is 23.2 Å². The molecule has 0 aliphatic rings. The van der Waals surface area contributed by atoms with Crippen molar-refractivity contribution in [3.63, 3.8) is 0 Å². The molecule has 0 aliphatic heterocycles. The van der Waals surface area contributed by atoms with Crippen LogP contribution in [0.4, 0.5) is 4.79 Å². The first-order valence-electron chi connectivity index (χ1n) is 7.49. The van der Waals surface area contributed by atoms with Gasteiger partial charge in [-0.05, 0) is 26.3 Å². The number of carboxylic acid groups (broad SMARTS) is 1. The molecular formula is C17H23Cl2NO5. The van der Waals surface area contributed by atoms with Crippen molar-refractivity contribution in [2.45, 2.75) is 38.8 Å². The summed E-state index contributed by atoms with van der Waals surface area (Å²) < 4.78 is 5.04. The van der Waals surface area contributed by atoms with Crippen molar-refractivity contribution in [2.24, 2.45) is 0 Å². The van der Waals surface area contributed by atoms with Crippen molar-refractivity contribution in [3.05, 3.63) is 35.9 Å². The summed E-state index contributed by atoms with van der Waals surface area (Å²) in [5, 5.41) is 11.5. The Balaban J connectivity index is 0.000000823. The number of carbonyl (C=O) groups excluding carboxylic acids is 2. The molecule has 0 heterocycles. The lowest BCUT2D eigenvalue weighted by molar-refractivity contribution is -0.139. The fraction of sp³-hybridized carbons (Fsp3) is 0.471. The van der Waals surface area contributed by atoms with Crippen molar-refractivity contribution in [1.82, 2.24) is 5.32 Å². The Morgan fingerprint density at radius 2 is 1.64 bits per heavy atom. The molecule has 0 saturated carbocycles. The van der Waals surface area contributed by atoms with Crippen molar-refractivity contribution in [3.8, 4) is 0 Å². The van der Waals surface area contributed by atoms with Gasteiger partial charge in [0.25, 0.3) is 0 Å². The predicted octanol–water partition coefficient (Wildman–Crippen LogP) is 3.24. The Bertz CT molecular complexity index is 552. The number of hydrogen-bond donors (Lipinski definition) is 2. The number of Topliss-reactive ketones (excluding diaryl/α,β-unsaturated/α-hetero) is 1. The highest BCUT2D eigenvalue weighted by atomic mass is 35.5. The summed E-state index contributed by atoms with van der Waals surface area (Å²) in [6.07, 6.45) is -0.508. The van der Waals surface area contributed by atoms with E-state index in [-0.39, 0.29) is 24.0 Å². The van der Waals surface area contributed by atoms with E-state index in [1.54, 1.807) is 20.8 Å². The second-order valence-electron chi connectivity index (χ2n) is 6.03. The number of aliphatic carboxylic acids is 1. The smallest absolute Gasteiger partial charge is 0.408 e.